The number of amides is 3. The molecule has 12 heavy (non-hydrogen) atoms. The zero-order valence-corrected chi connectivity index (χ0v) is 8.44. The maximum atomic E-state index is 10.6. The van der Waals surface area contributed by atoms with E-state index >= 15 is 0 Å². The molecule has 0 aliphatic carbocycles. The Balaban J connectivity index is 0.000000720. The Morgan fingerprint density at radius 3 is 1.92 bits per heavy atom. The molecule has 0 unspecified atom stereocenters. The van der Waals surface area contributed by atoms with Crippen LogP contribution in [0.4, 0.5) is 0 Å². The summed E-state index contributed by atoms with van der Waals surface area (Å²) in [6.07, 6.45) is 0. The average Bonchev–Trinajstić information content (AvgIpc) is 1.86. The van der Waals surface area contributed by atoms with Crippen molar-refractivity contribution in [1.82, 2.24) is 0 Å². The fourth-order valence-electron chi connectivity index (χ4n) is 0.963. The third-order valence-corrected chi connectivity index (χ3v) is 1.69. The molecule has 2 rings (SSSR count). The van der Waals surface area contributed by atoms with Crippen LogP contribution < -0.4 is 5.11 Å². The van der Waals surface area contributed by atoms with Gasteiger partial charge in [0.2, 0.25) is 0 Å². The second-order valence-electron chi connectivity index (χ2n) is 2.19. The molecule has 1 fully saturated rings. The van der Waals surface area contributed by atoms with Crippen molar-refractivity contribution in [2.75, 3.05) is 0 Å². The van der Waals surface area contributed by atoms with Gasteiger partial charge in [0.15, 0.2) is 5.41 Å². The molecule has 0 bridgehead atoms. The van der Waals surface area contributed by atoms with E-state index in [-0.39, 0.29) is 32.7 Å². The molecule has 2 aliphatic rings. The van der Waals surface area contributed by atoms with Crippen LogP contribution in [0.2, 0.25) is 0 Å². The van der Waals surface area contributed by atoms with Gasteiger partial charge < -0.3 is 20.0 Å². The monoisotopic (exact) mass is 241 g/mol. The van der Waals surface area contributed by atoms with Gasteiger partial charge in [0, 0.05) is 32.7 Å². The molecule has 0 aromatic rings. The van der Waals surface area contributed by atoms with Crippen LogP contribution in [-0.2, 0) is 47.1 Å². The Morgan fingerprint density at radius 1 is 1.25 bits per heavy atom. The van der Waals surface area contributed by atoms with Gasteiger partial charge in [-0.1, -0.05) is 0 Å². The second kappa shape index (κ2) is 2.43. The van der Waals surface area contributed by atoms with Crippen molar-refractivity contribution in [2.45, 2.75) is 0 Å². The number of aliphatic imine (C=N–C) groups is 1. The summed E-state index contributed by atoms with van der Waals surface area (Å²) >= 11 is 0. The van der Waals surface area contributed by atoms with Crippen molar-refractivity contribution < 1.29 is 52.2 Å². The van der Waals surface area contributed by atoms with Crippen molar-refractivity contribution >= 4 is 23.6 Å². The summed E-state index contributed by atoms with van der Waals surface area (Å²) in [7, 11) is 0. The number of carbonyl (C=O) groups excluding carboxylic acids is 3. The van der Waals surface area contributed by atoms with E-state index in [9.17, 15) is 19.5 Å². The Morgan fingerprint density at radius 2 is 1.75 bits per heavy atom. The Bertz CT molecular complexity index is 320. The van der Waals surface area contributed by atoms with Crippen LogP contribution in [0.5, 0.6) is 0 Å². The standard InChI is InChI=1S/C5H2N2O4.Y/c8-1-5(2(9)6-1)3(10)7-4(5)11;/h(H2,6,7,8,9,10,11);/p-2. The van der Waals surface area contributed by atoms with Crippen LogP contribution in [0.25, 0.3) is 5.32 Å². The van der Waals surface area contributed by atoms with Gasteiger partial charge in [-0.2, -0.15) is 0 Å². The quantitative estimate of drug-likeness (QED) is 0.352. The summed E-state index contributed by atoms with van der Waals surface area (Å²) in [5.41, 5.74) is -2.11. The molecular weight excluding hydrogens is 241 g/mol. The molecule has 1 saturated heterocycles. The first-order valence-electron chi connectivity index (χ1n) is 2.71. The van der Waals surface area contributed by atoms with E-state index in [4.69, 9.17) is 0 Å². The predicted octanol–water partition coefficient (Wildman–Crippen LogP) is -2.29. The number of β-lactam (4-membered cyclic amide) rings is 2. The predicted molar refractivity (Wildman–Crippen MR) is 28.2 cm³/mol. The van der Waals surface area contributed by atoms with E-state index in [0.29, 0.717) is 0 Å². The van der Waals surface area contributed by atoms with E-state index < -0.39 is 29.0 Å². The molecule has 7 heteroatoms. The molecule has 0 aromatic heterocycles. The summed E-state index contributed by atoms with van der Waals surface area (Å²) in [6, 6.07) is 0. The fourth-order valence-corrected chi connectivity index (χ4v) is 0.963. The smallest absolute Gasteiger partial charge is 0.267 e. The van der Waals surface area contributed by atoms with E-state index in [1.807, 2.05) is 0 Å². The van der Waals surface area contributed by atoms with E-state index in [0.717, 1.165) is 0 Å². The normalized spacial score (nSPS) is 23.3. The average molecular weight is 241 g/mol. The molecule has 59 valence electrons. The fraction of sp³-hybridized carbons (Fsp3) is 0.200. The van der Waals surface area contributed by atoms with Gasteiger partial charge in [0.25, 0.3) is 5.91 Å². The molecule has 0 atom stereocenters. The van der Waals surface area contributed by atoms with Gasteiger partial charge in [-0.15, -0.1) is 0 Å². The number of hydrogen-bond donors (Lipinski definition) is 0. The van der Waals surface area contributed by atoms with Crippen LogP contribution in [0.15, 0.2) is 4.99 Å². The second-order valence-corrected chi connectivity index (χ2v) is 2.19. The number of hydrogen-bond acceptors (Lipinski definition) is 4. The molecule has 6 nitrogen and oxygen atoms in total. The molecule has 1 radical (unpaired) electrons. The van der Waals surface area contributed by atoms with Gasteiger partial charge in [-0.3, -0.25) is 4.79 Å². The van der Waals surface area contributed by atoms with Gasteiger partial charge >= 0.3 is 0 Å². The maximum Gasteiger partial charge on any atom is 0.267 e. The third-order valence-electron chi connectivity index (χ3n) is 1.69. The van der Waals surface area contributed by atoms with Crippen LogP contribution >= 0.6 is 0 Å². The van der Waals surface area contributed by atoms with Crippen molar-refractivity contribution in [3.05, 3.63) is 5.32 Å². The minimum Gasteiger partial charge on any atom is -0.860 e. The first-order chi connectivity index (χ1) is 5.10. The Labute approximate surface area is 91.3 Å². The van der Waals surface area contributed by atoms with Crippen LogP contribution in [0.1, 0.15) is 0 Å². The number of nitrogens with zero attached hydrogens (tertiary/aromatic N) is 2. The molecular formula is C5N2O4Y-2. The third kappa shape index (κ3) is 0.670. The first-order valence-corrected chi connectivity index (χ1v) is 2.71. The first kappa shape index (κ1) is 9.47. The summed E-state index contributed by atoms with van der Waals surface area (Å²) < 4.78 is 0. The van der Waals surface area contributed by atoms with Gasteiger partial charge in [-0.25, -0.2) is 4.99 Å². The number of carbonyl (C=O) groups is 3. The van der Waals surface area contributed by atoms with Crippen molar-refractivity contribution in [2.24, 2.45) is 10.4 Å². The molecule has 0 saturated carbocycles. The van der Waals surface area contributed by atoms with Crippen LogP contribution in [-0.4, -0.2) is 23.6 Å². The molecule has 0 aromatic carbocycles. The Kier molecular flexibility index (Phi) is 1.92. The Hall–Kier alpha value is -0.616. The molecule has 2 aliphatic heterocycles. The van der Waals surface area contributed by atoms with Crippen LogP contribution in [0, 0.1) is 5.41 Å². The van der Waals surface area contributed by atoms with Crippen molar-refractivity contribution in [3.63, 3.8) is 0 Å². The summed E-state index contributed by atoms with van der Waals surface area (Å²) in [4.78, 5) is 34.5. The maximum absolute atomic E-state index is 10.6. The van der Waals surface area contributed by atoms with Gasteiger partial charge in [0.05, 0.1) is 11.8 Å². The SMILES string of the molecule is O=C1N=C([O-])C12C(=O)[N-]C2=O.[Y]. The van der Waals surface area contributed by atoms with Crippen molar-refractivity contribution in [3.8, 4) is 0 Å². The largest absolute Gasteiger partial charge is 0.860 e. The minimum absolute atomic E-state index is 0. The minimum atomic E-state index is -2.11. The molecule has 1 spiro atoms. The summed E-state index contributed by atoms with van der Waals surface area (Å²) in [5, 5.41) is 13.4. The summed E-state index contributed by atoms with van der Waals surface area (Å²) in [6.45, 7) is 0. The van der Waals surface area contributed by atoms with E-state index in [1.54, 1.807) is 0 Å². The number of rotatable bonds is 0. The van der Waals surface area contributed by atoms with Crippen molar-refractivity contribution in [1.29, 1.82) is 0 Å². The zero-order valence-electron chi connectivity index (χ0n) is 5.60. The van der Waals surface area contributed by atoms with Crippen LogP contribution in [0.3, 0.4) is 0 Å². The summed E-state index contributed by atoms with van der Waals surface area (Å²) in [5.74, 6) is -3.92. The van der Waals surface area contributed by atoms with Gasteiger partial charge in [-0.05, 0) is 5.90 Å². The van der Waals surface area contributed by atoms with E-state index in [1.165, 1.54) is 0 Å². The van der Waals surface area contributed by atoms with E-state index in [2.05, 4.69) is 10.3 Å². The molecule has 0 N–H and O–H groups in total. The molecule has 2 heterocycles. The number of imide groups is 1. The molecule has 3 amide bonds. The topological polar surface area (TPSA) is 101 Å². The van der Waals surface area contributed by atoms with Gasteiger partial charge in [0.1, 0.15) is 0 Å². The zero-order chi connectivity index (χ0) is 8.22.